The first kappa shape index (κ1) is 30.9. The fourth-order valence-corrected chi connectivity index (χ4v) is 9.68. The lowest BCUT2D eigenvalue weighted by atomic mass is 9.99. The summed E-state index contributed by atoms with van der Waals surface area (Å²) in [5, 5.41) is 7.08. The maximum Gasteiger partial charge on any atom is 0.350 e. The molecule has 47 heavy (non-hydrogen) atoms. The third-order valence-corrected chi connectivity index (χ3v) is 12.1. The van der Waals surface area contributed by atoms with E-state index in [0.29, 0.717) is 23.9 Å². The summed E-state index contributed by atoms with van der Waals surface area (Å²) in [5.41, 5.74) is 3.62. The van der Waals surface area contributed by atoms with Gasteiger partial charge < -0.3 is 9.80 Å². The van der Waals surface area contributed by atoms with E-state index in [1.54, 1.807) is 11.8 Å². The number of thioether (sulfide) groups is 1. The summed E-state index contributed by atoms with van der Waals surface area (Å²) < 4.78 is 3.86. The molecule has 246 valence electrons. The molecule has 4 aliphatic rings. The number of hydrogen-bond donors (Lipinski definition) is 0. The zero-order valence-electron chi connectivity index (χ0n) is 27.2. The monoisotopic (exact) mass is 672 g/mol. The number of carbonyl (C=O) groups is 1. The standard InChI is InChI=1S/C35H41ClN8O2S/c1-5-29(45)42-17-22(3)43(18-21(42)2)34-27-15-28(36)30(26-8-6-7-23-16-37-39(4)31(23)26)33-32(27)44(35(46)38-34)25(20-47-33)19-40-11-13-41(14-12-40)24-9-10-24/h5-8,15-16,21-22,24-25H,1,9-14,17-20H2,2-4H3/t21-,22?,25?/m1/s1. The second-order valence-corrected chi connectivity index (χ2v) is 15.1. The van der Waals surface area contributed by atoms with Crippen LogP contribution in [-0.4, -0.2) is 110 Å². The van der Waals surface area contributed by atoms with Gasteiger partial charge in [-0.1, -0.05) is 36.4 Å². The molecule has 0 spiro atoms. The van der Waals surface area contributed by atoms with Crippen LogP contribution in [0.25, 0.3) is 32.9 Å². The molecule has 10 nitrogen and oxygen atoms in total. The van der Waals surface area contributed by atoms with E-state index in [2.05, 4.69) is 45.4 Å². The van der Waals surface area contributed by atoms with E-state index in [9.17, 15) is 9.59 Å². The van der Waals surface area contributed by atoms with Crippen molar-refractivity contribution < 1.29 is 4.79 Å². The number of hydrogen-bond acceptors (Lipinski definition) is 8. The zero-order chi connectivity index (χ0) is 32.6. The number of anilines is 1. The van der Waals surface area contributed by atoms with Crippen molar-refractivity contribution in [2.24, 2.45) is 7.05 Å². The number of aromatic nitrogens is 4. The first-order valence-electron chi connectivity index (χ1n) is 16.7. The van der Waals surface area contributed by atoms with Gasteiger partial charge >= 0.3 is 5.69 Å². The summed E-state index contributed by atoms with van der Waals surface area (Å²) in [5.74, 6) is 1.32. The van der Waals surface area contributed by atoms with Gasteiger partial charge in [-0.3, -0.25) is 23.8 Å². The van der Waals surface area contributed by atoms with Gasteiger partial charge in [0.05, 0.1) is 28.3 Å². The molecule has 1 aliphatic carbocycles. The Hall–Kier alpha value is -3.38. The van der Waals surface area contributed by atoms with Crippen molar-refractivity contribution in [2.75, 3.05) is 56.5 Å². The molecule has 2 unspecified atom stereocenters. The van der Waals surface area contributed by atoms with Crippen molar-refractivity contribution in [1.82, 2.24) is 34.0 Å². The first-order chi connectivity index (χ1) is 22.7. The smallest absolute Gasteiger partial charge is 0.349 e. The first-order valence-corrected chi connectivity index (χ1v) is 18.1. The van der Waals surface area contributed by atoms with E-state index in [0.717, 1.165) is 82.3 Å². The Bertz CT molecular complexity index is 1960. The molecule has 3 atom stereocenters. The third kappa shape index (κ3) is 5.26. The lowest BCUT2D eigenvalue weighted by molar-refractivity contribution is -0.128. The number of amides is 1. The highest BCUT2D eigenvalue weighted by molar-refractivity contribution is 7.99. The highest BCUT2D eigenvalue weighted by Gasteiger charge is 2.37. The molecule has 1 saturated carbocycles. The minimum Gasteiger partial charge on any atom is -0.349 e. The fraction of sp³-hybridized carbons (Fsp3) is 0.486. The minimum absolute atomic E-state index is 0.0172. The number of para-hydroxylation sites is 1. The van der Waals surface area contributed by atoms with Crippen LogP contribution in [0.2, 0.25) is 5.02 Å². The second-order valence-electron chi connectivity index (χ2n) is 13.6. The van der Waals surface area contributed by atoms with Crippen LogP contribution in [0.4, 0.5) is 5.82 Å². The van der Waals surface area contributed by atoms with Crippen molar-refractivity contribution in [3.63, 3.8) is 0 Å². The SMILES string of the molecule is C=CC(=O)N1CC(C)N(c2nc(=O)n3c4c(c(-c5cccc6cnn(C)c56)c(Cl)cc24)SCC3CN2CCN(C3CC3)CC2)C[C@H]1C. The van der Waals surface area contributed by atoms with Crippen molar-refractivity contribution in [2.45, 2.75) is 55.8 Å². The van der Waals surface area contributed by atoms with Crippen LogP contribution < -0.4 is 10.6 Å². The minimum atomic E-state index is -0.230. The van der Waals surface area contributed by atoms with E-state index >= 15 is 0 Å². The van der Waals surface area contributed by atoms with E-state index in [1.165, 1.54) is 18.9 Å². The van der Waals surface area contributed by atoms with Crippen molar-refractivity contribution in [3.05, 3.63) is 58.6 Å². The Morgan fingerprint density at radius 2 is 1.89 bits per heavy atom. The second kappa shape index (κ2) is 11.9. The van der Waals surface area contributed by atoms with Crippen molar-refractivity contribution >= 4 is 56.9 Å². The maximum absolute atomic E-state index is 14.3. The molecule has 0 radical (unpaired) electrons. The number of benzene rings is 2. The number of aryl methyl sites for hydroxylation is 1. The lowest BCUT2D eigenvalue weighted by Crippen LogP contribution is -2.58. The van der Waals surface area contributed by atoms with Gasteiger partial charge in [-0.15, -0.1) is 11.8 Å². The number of carbonyl (C=O) groups excluding carboxylic acids is 1. The van der Waals surface area contributed by atoms with Crippen LogP contribution in [0.15, 0.2) is 52.8 Å². The Labute approximate surface area is 283 Å². The van der Waals surface area contributed by atoms with Crippen molar-refractivity contribution in [3.8, 4) is 11.1 Å². The molecule has 5 heterocycles. The Kier molecular flexibility index (Phi) is 7.86. The number of fused-ring (bicyclic) bond motifs is 1. The fourth-order valence-electron chi connectivity index (χ4n) is 7.99. The van der Waals surface area contributed by atoms with E-state index in [4.69, 9.17) is 16.6 Å². The van der Waals surface area contributed by atoms with Gasteiger partial charge in [0.25, 0.3) is 0 Å². The summed E-state index contributed by atoms with van der Waals surface area (Å²) in [6.07, 6.45) is 5.91. The predicted molar refractivity (Wildman–Crippen MR) is 190 cm³/mol. The molecule has 2 saturated heterocycles. The largest absolute Gasteiger partial charge is 0.350 e. The van der Waals surface area contributed by atoms with Crippen molar-refractivity contribution in [1.29, 1.82) is 0 Å². The summed E-state index contributed by atoms with van der Waals surface area (Å²) >= 11 is 9.10. The molecule has 0 N–H and O–H groups in total. The molecule has 3 fully saturated rings. The summed E-state index contributed by atoms with van der Waals surface area (Å²) in [4.78, 5) is 42.0. The van der Waals surface area contributed by atoms with Crippen LogP contribution >= 0.6 is 23.4 Å². The molecule has 1 amide bonds. The van der Waals surface area contributed by atoms with Gasteiger partial charge in [0.2, 0.25) is 5.91 Å². The van der Waals surface area contributed by atoms with Gasteiger partial charge in [-0.2, -0.15) is 10.1 Å². The van der Waals surface area contributed by atoms with Gasteiger partial charge in [0.15, 0.2) is 0 Å². The molecule has 2 aromatic carbocycles. The van der Waals surface area contributed by atoms with Gasteiger partial charge in [0.1, 0.15) is 5.82 Å². The number of piperazine rings is 2. The molecule has 4 aromatic rings. The molecular weight excluding hydrogens is 632 g/mol. The van der Waals surface area contributed by atoms with Crippen LogP contribution in [0.1, 0.15) is 32.7 Å². The quantitative estimate of drug-likeness (QED) is 0.274. The predicted octanol–water partition coefficient (Wildman–Crippen LogP) is 4.64. The zero-order valence-corrected chi connectivity index (χ0v) is 28.8. The number of halogens is 1. The molecule has 12 heteroatoms. The Balaban J connectivity index is 1.27. The lowest BCUT2D eigenvalue weighted by Gasteiger charge is -2.45. The van der Waals surface area contributed by atoms with E-state index in [-0.39, 0.29) is 29.7 Å². The summed E-state index contributed by atoms with van der Waals surface area (Å²) in [6, 6.07) is 8.86. The topological polar surface area (TPSA) is 82.7 Å². The average molecular weight is 673 g/mol. The number of rotatable bonds is 6. The average Bonchev–Trinajstić information content (AvgIpc) is 3.85. The van der Waals surface area contributed by atoms with Crippen LogP contribution in [0.3, 0.4) is 0 Å². The van der Waals surface area contributed by atoms with Crippen LogP contribution in [-0.2, 0) is 11.8 Å². The normalized spacial score (nSPS) is 24.0. The van der Waals surface area contributed by atoms with E-state index < -0.39 is 0 Å². The van der Waals surface area contributed by atoms with Crippen LogP contribution in [0.5, 0.6) is 0 Å². The van der Waals surface area contributed by atoms with Gasteiger partial charge in [-0.25, -0.2) is 4.79 Å². The summed E-state index contributed by atoms with van der Waals surface area (Å²) in [7, 11) is 1.95. The third-order valence-electron chi connectivity index (χ3n) is 10.6. The molecular formula is C35H41ClN8O2S. The highest BCUT2D eigenvalue weighted by atomic mass is 35.5. The molecule has 8 rings (SSSR count). The number of nitrogens with zero attached hydrogens (tertiary/aromatic N) is 8. The van der Waals surface area contributed by atoms with Gasteiger partial charge in [-0.05, 0) is 38.8 Å². The van der Waals surface area contributed by atoms with Gasteiger partial charge in [0, 0.05) is 104 Å². The molecule has 2 aromatic heterocycles. The molecule has 0 bridgehead atoms. The Morgan fingerprint density at radius 3 is 2.64 bits per heavy atom. The highest BCUT2D eigenvalue weighted by Crippen LogP contribution is 2.49. The van der Waals surface area contributed by atoms with Crippen LogP contribution in [0, 0.1) is 0 Å². The molecule has 3 aliphatic heterocycles. The summed E-state index contributed by atoms with van der Waals surface area (Å²) in [6.45, 7) is 13.9. The van der Waals surface area contributed by atoms with E-state index in [1.807, 2.05) is 46.4 Å². The maximum atomic E-state index is 14.3. The Morgan fingerprint density at radius 1 is 1.11 bits per heavy atom.